The predicted molar refractivity (Wildman–Crippen MR) is 73.4 cm³/mol. The van der Waals surface area contributed by atoms with E-state index >= 15 is 0 Å². The van der Waals surface area contributed by atoms with E-state index < -0.39 is 11.7 Å². The van der Waals surface area contributed by atoms with Crippen molar-refractivity contribution in [1.82, 2.24) is 10.2 Å². The molecule has 112 valence electrons. The molecule has 0 amide bonds. The fourth-order valence-electron chi connectivity index (χ4n) is 2.69. The number of alkyl halides is 3. The Morgan fingerprint density at radius 1 is 1.30 bits per heavy atom. The minimum Gasteiger partial charge on any atom is -0.316 e. The Hall–Kier alpha value is -1.07. The topological polar surface area (TPSA) is 15.3 Å². The van der Waals surface area contributed by atoms with Crippen LogP contribution in [0.4, 0.5) is 13.2 Å². The average Bonchev–Trinajstić information content (AvgIpc) is 2.35. The lowest BCUT2D eigenvalue weighted by atomic mass is 10.0. The first kappa shape index (κ1) is 15.3. The number of rotatable bonds is 2. The van der Waals surface area contributed by atoms with Crippen LogP contribution in [0.5, 0.6) is 0 Å². The zero-order valence-electron chi connectivity index (χ0n) is 11.7. The minimum absolute atomic E-state index is 0.375. The summed E-state index contributed by atoms with van der Waals surface area (Å²) >= 11 is 0. The van der Waals surface area contributed by atoms with Crippen LogP contribution < -0.4 is 5.32 Å². The van der Waals surface area contributed by atoms with Crippen LogP contribution in [0.15, 0.2) is 24.3 Å². The Morgan fingerprint density at radius 3 is 2.80 bits per heavy atom. The van der Waals surface area contributed by atoms with Gasteiger partial charge in [-0.1, -0.05) is 25.1 Å². The van der Waals surface area contributed by atoms with Gasteiger partial charge >= 0.3 is 6.18 Å². The van der Waals surface area contributed by atoms with Crippen molar-refractivity contribution in [2.75, 3.05) is 26.2 Å². The van der Waals surface area contributed by atoms with E-state index in [1.165, 1.54) is 12.1 Å². The third kappa shape index (κ3) is 4.21. The highest BCUT2D eigenvalue weighted by Crippen LogP contribution is 2.32. The third-order valence-electron chi connectivity index (χ3n) is 3.61. The van der Waals surface area contributed by atoms with Gasteiger partial charge in [-0.15, -0.1) is 0 Å². The van der Waals surface area contributed by atoms with Crippen molar-refractivity contribution in [3.05, 3.63) is 35.4 Å². The minimum atomic E-state index is -4.27. The summed E-state index contributed by atoms with van der Waals surface area (Å²) in [5, 5.41) is 3.35. The number of nitrogens with zero attached hydrogens (tertiary/aromatic N) is 1. The first-order chi connectivity index (χ1) is 9.47. The zero-order chi connectivity index (χ0) is 14.6. The Labute approximate surface area is 118 Å². The molecular formula is C15H21F3N2. The largest absolute Gasteiger partial charge is 0.416 e. The average molecular weight is 286 g/mol. The standard InChI is InChI=1S/C15H21F3N2/c1-12-9-19-7-4-8-20(10-12)11-13-5-2-3-6-14(13)15(16,17)18/h2-3,5-6,12,19H,4,7-11H2,1H3. The van der Waals surface area contributed by atoms with Crippen LogP contribution >= 0.6 is 0 Å². The maximum absolute atomic E-state index is 13.0. The molecule has 0 aromatic heterocycles. The zero-order valence-corrected chi connectivity index (χ0v) is 11.7. The third-order valence-corrected chi connectivity index (χ3v) is 3.61. The van der Waals surface area contributed by atoms with Gasteiger partial charge in [0.1, 0.15) is 0 Å². The molecule has 1 aromatic rings. The predicted octanol–water partition coefficient (Wildman–Crippen LogP) is 3.14. The Bertz CT molecular complexity index is 431. The van der Waals surface area contributed by atoms with E-state index in [0.717, 1.165) is 32.6 Å². The van der Waals surface area contributed by atoms with Gasteiger partial charge in [0.2, 0.25) is 0 Å². The summed E-state index contributed by atoms with van der Waals surface area (Å²) in [6, 6.07) is 5.89. The Kier molecular flexibility index (Phi) is 5.05. The molecule has 0 radical (unpaired) electrons. The second-order valence-corrected chi connectivity index (χ2v) is 5.55. The van der Waals surface area contributed by atoms with Crippen molar-refractivity contribution in [2.45, 2.75) is 26.1 Å². The molecule has 1 aromatic carbocycles. The highest BCUT2D eigenvalue weighted by Gasteiger charge is 2.33. The summed E-state index contributed by atoms with van der Waals surface area (Å²) in [7, 11) is 0. The van der Waals surface area contributed by atoms with Crippen LogP contribution in [0.3, 0.4) is 0 Å². The van der Waals surface area contributed by atoms with E-state index in [9.17, 15) is 13.2 Å². The first-order valence-corrected chi connectivity index (χ1v) is 7.05. The summed E-state index contributed by atoms with van der Waals surface area (Å²) in [6.45, 7) is 6.03. The molecule has 1 fully saturated rings. The van der Waals surface area contributed by atoms with Crippen LogP contribution in [-0.4, -0.2) is 31.1 Å². The van der Waals surface area contributed by atoms with Crippen LogP contribution in [0.2, 0.25) is 0 Å². The highest BCUT2D eigenvalue weighted by atomic mass is 19.4. The van der Waals surface area contributed by atoms with Gasteiger partial charge in [-0.25, -0.2) is 0 Å². The van der Waals surface area contributed by atoms with Gasteiger partial charge in [0, 0.05) is 13.1 Å². The highest BCUT2D eigenvalue weighted by molar-refractivity contribution is 5.29. The molecule has 1 N–H and O–H groups in total. The lowest BCUT2D eigenvalue weighted by Crippen LogP contribution is -2.38. The van der Waals surface area contributed by atoms with Crippen molar-refractivity contribution >= 4 is 0 Å². The van der Waals surface area contributed by atoms with E-state index in [1.54, 1.807) is 12.1 Å². The number of halogens is 3. The second-order valence-electron chi connectivity index (χ2n) is 5.55. The molecular weight excluding hydrogens is 265 g/mol. The summed E-state index contributed by atoms with van der Waals surface area (Å²) < 4.78 is 39.0. The summed E-state index contributed by atoms with van der Waals surface area (Å²) in [4.78, 5) is 2.14. The van der Waals surface area contributed by atoms with Crippen molar-refractivity contribution in [3.63, 3.8) is 0 Å². The molecule has 2 rings (SSSR count). The van der Waals surface area contributed by atoms with Crippen LogP contribution in [0, 0.1) is 5.92 Å². The maximum Gasteiger partial charge on any atom is 0.416 e. The van der Waals surface area contributed by atoms with Gasteiger partial charge in [0.25, 0.3) is 0 Å². The molecule has 0 aliphatic carbocycles. The van der Waals surface area contributed by atoms with Gasteiger partial charge in [0.05, 0.1) is 5.56 Å². The molecule has 1 unspecified atom stereocenters. The lowest BCUT2D eigenvalue weighted by Gasteiger charge is -2.29. The van der Waals surface area contributed by atoms with Crippen molar-refractivity contribution in [1.29, 1.82) is 0 Å². The van der Waals surface area contributed by atoms with Crippen molar-refractivity contribution in [3.8, 4) is 0 Å². The van der Waals surface area contributed by atoms with E-state index in [2.05, 4.69) is 17.1 Å². The summed E-state index contributed by atoms with van der Waals surface area (Å²) in [5.41, 5.74) is -0.131. The molecule has 1 heterocycles. The molecule has 1 aliphatic rings. The number of hydrogen-bond donors (Lipinski definition) is 1. The molecule has 0 saturated carbocycles. The quantitative estimate of drug-likeness (QED) is 0.898. The molecule has 0 spiro atoms. The van der Waals surface area contributed by atoms with E-state index in [0.29, 0.717) is 18.0 Å². The molecule has 1 atom stereocenters. The Balaban J connectivity index is 2.12. The molecule has 20 heavy (non-hydrogen) atoms. The number of hydrogen-bond acceptors (Lipinski definition) is 2. The molecule has 2 nitrogen and oxygen atoms in total. The summed E-state index contributed by atoms with van der Waals surface area (Å²) in [6.07, 6.45) is -3.30. The Morgan fingerprint density at radius 2 is 2.05 bits per heavy atom. The van der Waals surface area contributed by atoms with Crippen molar-refractivity contribution in [2.24, 2.45) is 5.92 Å². The molecule has 1 aliphatic heterocycles. The molecule has 5 heteroatoms. The number of nitrogens with one attached hydrogen (secondary N) is 1. The smallest absolute Gasteiger partial charge is 0.316 e. The summed E-state index contributed by atoms with van der Waals surface area (Å²) in [5.74, 6) is 0.452. The number of benzene rings is 1. The van der Waals surface area contributed by atoms with Crippen molar-refractivity contribution < 1.29 is 13.2 Å². The van der Waals surface area contributed by atoms with Gasteiger partial charge in [-0.3, -0.25) is 4.90 Å². The van der Waals surface area contributed by atoms with Crippen LogP contribution in [-0.2, 0) is 12.7 Å². The van der Waals surface area contributed by atoms with E-state index in [4.69, 9.17) is 0 Å². The van der Waals surface area contributed by atoms with Gasteiger partial charge in [-0.05, 0) is 43.6 Å². The lowest BCUT2D eigenvalue weighted by molar-refractivity contribution is -0.138. The normalized spacial score (nSPS) is 22.3. The second kappa shape index (κ2) is 6.59. The fourth-order valence-corrected chi connectivity index (χ4v) is 2.69. The monoisotopic (exact) mass is 286 g/mol. The SMILES string of the molecule is CC1CNCCCN(Cc2ccccc2C(F)(F)F)C1. The fraction of sp³-hybridized carbons (Fsp3) is 0.600. The molecule has 0 bridgehead atoms. The first-order valence-electron chi connectivity index (χ1n) is 7.05. The van der Waals surface area contributed by atoms with E-state index in [1.807, 2.05) is 0 Å². The van der Waals surface area contributed by atoms with Gasteiger partial charge < -0.3 is 5.32 Å². The van der Waals surface area contributed by atoms with Crippen LogP contribution in [0.1, 0.15) is 24.5 Å². The molecule has 1 saturated heterocycles. The van der Waals surface area contributed by atoms with Gasteiger partial charge in [-0.2, -0.15) is 13.2 Å². The van der Waals surface area contributed by atoms with E-state index in [-0.39, 0.29) is 0 Å². The van der Waals surface area contributed by atoms with Crippen LogP contribution in [0.25, 0.3) is 0 Å². The maximum atomic E-state index is 13.0. The van der Waals surface area contributed by atoms with Gasteiger partial charge in [0.15, 0.2) is 0 Å².